The van der Waals surface area contributed by atoms with Gasteiger partial charge in [-0.05, 0) is 72.6 Å². The molecule has 1 amide bonds. The van der Waals surface area contributed by atoms with Crippen molar-refractivity contribution < 1.29 is 14.3 Å². The van der Waals surface area contributed by atoms with E-state index in [1.54, 1.807) is 0 Å². The number of nitrogens with zero attached hydrogens (tertiary/aromatic N) is 5. The quantitative estimate of drug-likeness (QED) is 0.645. The van der Waals surface area contributed by atoms with Gasteiger partial charge in [0.15, 0.2) is 5.82 Å². The van der Waals surface area contributed by atoms with Crippen molar-refractivity contribution in [3.63, 3.8) is 0 Å². The summed E-state index contributed by atoms with van der Waals surface area (Å²) < 4.78 is 13.4. The predicted octanol–water partition coefficient (Wildman–Crippen LogP) is 3.99. The first kappa shape index (κ1) is 23.6. The number of carbonyl (C=O) groups is 1. The Balaban J connectivity index is 1.08. The van der Waals surface area contributed by atoms with Crippen molar-refractivity contribution in [2.45, 2.75) is 95.9 Å². The number of carbonyl (C=O) groups excluding carboxylic acids is 1. The number of anilines is 1. The van der Waals surface area contributed by atoms with Crippen molar-refractivity contribution in [1.29, 1.82) is 0 Å². The minimum Gasteiger partial charge on any atom is -0.444 e. The Morgan fingerprint density at radius 3 is 2.43 bits per heavy atom. The maximum absolute atomic E-state index is 12.3. The normalized spacial score (nSPS) is 28.5. The molecule has 8 nitrogen and oxygen atoms in total. The molecule has 2 aliphatic carbocycles. The molecular weight excluding hydrogens is 442 g/mol. The van der Waals surface area contributed by atoms with E-state index in [1.165, 1.54) is 43.6 Å². The fourth-order valence-electron chi connectivity index (χ4n) is 7.40. The minimum absolute atomic E-state index is 0.171. The summed E-state index contributed by atoms with van der Waals surface area (Å²) >= 11 is 0. The number of rotatable bonds is 3. The molecule has 1 aromatic heterocycles. The summed E-state index contributed by atoms with van der Waals surface area (Å²) in [7, 11) is 0. The van der Waals surface area contributed by atoms with Crippen LogP contribution in [0.3, 0.4) is 0 Å². The zero-order valence-electron chi connectivity index (χ0n) is 22.1. The third-order valence-electron chi connectivity index (χ3n) is 9.29. The molecule has 3 saturated heterocycles. The Bertz CT molecular complexity index is 945. The van der Waals surface area contributed by atoms with Crippen LogP contribution in [0.5, 0.6) is 0 Å². The van der Waals surface area contributed by atoms with E-state index < -0.39 is 5.60 Å². The molecule has 2 saturated carbocycles. The topological polar surface area (TPSA) is 63.1 Å². The van der Waals surface area contributed by atoms with Crippen LogP contribution in [0.4, 0.5) is 10.6 Å². The summed E-state index contributed by atoms with van der Waals surface area (Å²) in [6.07, 6.45) is 8.48. The lowest BCUT2D eigenvalue weighted by Crippen LogP contribution is -2.64. The van der Waals surface area contributed by atoms with Gasteiger partial charge in [0.05, 0.1) is 19.3 Å². The van der Waals surface area contributed by atoms with Gasteiger partial charge in [-0.1, -0.05) is 0 Å². The number of ether oxygens (including phenoxy) is 2. The standard InChI is InChI=1S/C27H43N5O3/c1-20-14-23(31-9-6-21(17-27(31)7-5-8-27)29-10-12-34-13-11-29)28-32(20)22-15-26(16-22)18-30(19-26)24(33)35-25(2,3)4/h14,21-22H,5-13,15-19H2,1-4H3. The van der Waals surface area contributed by atoms with Gasteiger partial charge in [-0.2, -0.15) is 5.10 Å². The number of aromatic nitrogens is 2. The van der Waals surface area contributed by atoms with Crippen LogP contribution in [0, 0.1) is 12.3 Å². The van der Waals surface area contributed by atoms with Gasteiger partial charge in [0.2, 0.25) is 0 Å². The van der Waals surface area contributed by atoms with E-state index >= 15 is 0 Å². The molecule has 0 N–H and O–H groups in total. The Morgan fingerprint density at radius 1 is 1.09 bits per heavy atom. The highest BCUT2D eigenvalue weighted by Gasteiger charge is 2.56. The van der Waals surface area contributed by atoms with Crippen molar-refractivity contribution in [2.24, 2.45) is 5.41 Å². The van der Waals surface area contributed by atoms with Crippen LogP contribution in [-0.2, 0) is 9.47 Å². The van der Waals surface area contributed by atoms with E-state index in [-0.39, 0.29) is 11.5 Å². The lowest BCUT2D eigenvalue weighted by Gasteiger charge is -2.58. The molecule has 4 heterocycles. The number of morpholine rings is 1. The average Bonchev–Trinajstić information content (AvgIpc) is 3.10. The van der Waals surface area contributed by atoms with E-state index in [0.717, 1.165) is 58.8 Å². The molecule has 6 rings (SSSR count). The van der Waals surface area contributed by atoms with Crippen LogP contribution in [0.2, 0.25) is 0 Å². The van der Waals surface area contributed by atoms with Crippen LogP contribution in [0.1, 0.15) is 77.5 Å². The van der Waals surface area contributed by atoms with Gasteiger partial charge in [0.1, 0.15) is 5.60 Å². The number of hydrogen-bond acceptors (Lipinski definition) is 6. The molecule has 194 valence electrons. The molecule has 0 bridgehead atoms. The summed E-state index contributed by atoms with van der Waals surface area (Å²) in [4.78, 5) is 19.6. The van der Waals surface area contributed by atoms with Gasteiger partial charge < -0.3 is 19.3 Å². The second-order valence-corrected chi connectivity index (χ2v) is 13.0. The van der Waals surface area contributed by atoms with Gasteiger partial charge in [0.25, 0.3) is 0 Å². The van der Waals surface area contributed by atoms with Crippen LogP contribution < -0.4 is 4.90 Å². The Morgan fingerprint density at radius 2 is 1.80 bits per heavy atom. The number of aryl methyl sites for hydroxylation is 1. The molecule has 1 atom stereocenters. The lowest BCUT2D eigenvalue weighted by molar-refractivity contribution is -0.0931. The summed E-state index contributed by atoms with van der Waals surface area (Å²) in [5, 5.41) is 5.20. The summed E-state index contributed by atoms with van der Waals surface area (Å²) in [6, 6.07) is 3.47. The molecule has 0 aromatic carbocycles. The highest BCUT2D eigenvalue weighted by Crippen LogP contribution is 2.55. The number of amides is 1. The predicted molar refractivity (Wildman–Crippen MR) is 135 cm³/mol. The fraction of sp³-hybridized carbons (Fsp3) is 0.852. The first-order valence-electron chi connectivity index (χ1n) is 13.8. The van der Waals surface area contributed by atoms with Crippen molar-refractivity contribution in [1.82, 2.24) is 19.6 Å². The maximum Gasteiger partial charge on any atom is 0.410 e. The number of piperidine rings is 1. The first-order valence-corrected chi connectivity index (χ1v) is 13.8. The van der Waals surface area contributed by atoms with E-state index in [4.69, 9.17) is 14.6 Å². The summed E-state index contributed by atoms with van der Waals surface area (Å²) in [5.74, 6) is 1.19. The van der Waals surface area contributed by atoms with Crippen LogP contribution in [-0.4, -0.2) is 88.8 Å². The largest absolute Gasteiger partial charge is 0.444 e. The van der Waals surface area contributed by atoms with E-state index in [1.807, 2.05) is 25.7 Å². The average molecular weight is 486 g/mol. The first-order chi connectivity index (χ1) is 16.7. The van der Waals surface area contributed by atoms with Gasteiger partial charge in [0, 0.05) is 61.5 Å². The van der Waals surface area contributed by atoms with Gasteiger partial charge in [-0.25, -0.2) is 4.79 Å². The molecule has 0 radical (unpaired) electrons. The molecule has 8 heteroatoms. The Kier molecular flexibility index (Phi) is 5.64. The zero-order valence-corrected chi connectivity index (χ0v) is 22.1. The second kappa shape index (κ2) is 8.37. The molecule has 5 fully saturated rings. The zero-order chi connectivity index (χ0) is 24.4. The lowest BCUT2D eigenvalue weighted by atomic mass is 9.61. The molecular formula is C27H43N5O3. The number of likely N-dealkylation sites (tertiary alicyclic amines) is 1. The molecule has 3 aliphatic heterocycles. The fourth-order valence-corrected chi connectivity index (χ4v) is 7.40. The molecule has 1 aromatic rings. The van der Waals surface area contributed by atoms with Gasteiger partial charge >= 0.3 is 6.09 Å². The highest BCUT2D eigenvalue weighted by molar-refractivity contribution is 5.69. The maximum atomic E-state index is 12.3. The van der Waals surface area contributed by atoms with Crippen molar-refractivity contribution in [3.8, 4) is 0 Å². The molecule has 5 aliphatic rings. The minimum atomic E-state index is -0.432. The monoisotopic (exact) mass is 485 g/mol. The SMILES string of the molecule is Cc1cc(N2CCC(N3CCOCC3)CC23CCC3)nn1C1CC2(C1)CN(C(=O)OC(C)(C)C)C2. The van der Waals surface area contributed by atoms with Crippen molar-refractivity contribution in [2.75, 3.05) is 50.8 Å². The Labute approximate surface area is 209 Å². The van der Waals surface area contributed by atoms with Gasteiger partial charge in [-0.15, -0.1) is 0 Å². The van der Waals surface area contributed by atoms with Crippen LogP contribution >= 0.6 is 0 Å². The van der Waals surface area contributed by atoms with Crippen molar-refractivity contribution >= 4 is 11.9 Å². The summed E-state index contributed by atoms with van der Waals surface area (Å²) in [6.45, 7) is 14.7. The number of hydrogen-bond donors (Lipinski definition) is 0. The summed E-state index contributed by atoms with van der Waals surface area (Å²) in [5.41, 5.74) is 1.41. The molecule has 1 unspecified atom stereocenters. The van der Waals surface area contributed by atoms with Crippen LogP contribution in [0.25, 0.3) is 0 Å². The molecule has 2 spiro atoms. The smallest absolute Gasteiger partial charge is 0.410 e. The third-order valence-corrected chi connectivity index (χ3v) is 9.29. The van der Waals surface area contributed by atoms with E-state index in [2.05, 4.69) is 27.5 Å². The van der Waals surface area contributed by atoms with E-state index in [9.17, 15) is 4.79 Å². The second-order valence-electron chi connectivity index (χ2n) is 13.0. The highest BCUT2D eigenvalue weighted by atomic mass is 16.6. The van der Waals surface area contributed by atoms with Crippen LogP contribution in [0.15, 0.2) is 6.07 Å². The Hall–Kier alpha value is -1.80. The molecule has 35 heavy (non-hydrogen) atoms. The van der Waals surface area contributed by atoms with Gasteiger partial charge in [-0.3, -0.25) is 9.58 Å². The third kappa shape index (κ3) is 4.24. The van der Waals surface area contributed by atoms with Crippen molar-refractivity contribution in [3.05, 3.63) is 11.8 Å². The van der Waals surface area contributed by atoms with E-state index in [0.29, 0.717) is 17.6 Å².